The molecule has 1 aliphatic heterocycles. The van der Waals surface area contributed by atoms with Gasteiger partial charge in [0.05, 0.1) is 0 Å². The van der Waals surface area contributed by atoms with Crippen LogP contribution in [0, 0.1) is 29.5 Å². The molecule has 4 aliphatic carbocycles. The molecular weight excluding hydrogens is 359 g/mol. The van der Waals surface area contributed by atoms with Gasteiger partial charge in [-0.1, -0.05) is 17.7 Å². The standard InChI is InChI=1S/C23H32ClFN2/c1-14(21-3-2-19(24)13-22(21)25)27-6-4-20(5-7-27)26-23-17-9-15-8-16(11-17)12-18(23)10-15/h2-3,13-18,20,23,26H,4-12H2,1H3. The lowest BCUT2D eigenvalue weighted by atomic mass is 9.54. The number of hydrogen-bond acceptors (Lipinski definition) is 2. The Morgan fingerprint density at radius 2 is 1.67 bits per heavy atom. The van der Waals surface area contributed by atoms with Crippen molar-refractivity contribution in [3.05, 3.63) is 34.6 Å². The summed E-state index contributed by atoms with van der Waals surface area (Å²) in [6.45, 7) is 4.22. The molecule has 0 amide bonds. The maximum atomic E-state index is 14.3. The highest BCUT2D eigenvalue weighted by Crippen LogP contribution is 2.53. The van der Waals surface area contributed by atoms with E-state index < -0.39 is 0 Å². The van der Waals surface area contributed by atoms with Gasteiger partial charge in [0, 0.05) is 41.8 Å². The molecule has 6 rings (SSSR count). The van der Waals surface area contributed by atoms with Crippen molar-refractivity contribution < 1.29 is 4.39 Å². The molecule has 27 heavy (non-hydrogen) atoms. The Morgan fingerprint density at radius 3 is 2.26 bits per heavy atom. The van der Waals surface area contributed by atoms with Crippen LogP contribution in [-0.4, -0.2) is 30.1 Å². The zero-order chi connectivity index (χ0) is 18.5. The first-order chi connectivity index (χ1) is 13.1. The van der Waals surface area contributed by atoms with Crippen LogP contribution in [0.4, 0.5) is 4.39 Å². The number of nitrogens with zero attached hydrogens (tertiary/aromatic N) is 1. The van der Waals surface area contributed by atoms with Crippen LogP contribution >= 0.6 is 11.6 Å². The lowest BCUT2D eigenvalue weighted by molar-refractivity contribution is -0.0211. The topological polar surface area (TPSA) is 15.3 Å². The second kappa shape index (κ2) is 7.31. The van der Waals surface area contributed by atoms with Gasteiger partial charge in [-0.3, -0.25) is 4.90 Å². The third-order valence-corrected chi connectivity index (χ3v) is 8.38. The molecule has 148 valence electrons. The fourth-order valence-corrected chi connectivity index (χ4v) is 7.12. The molecule has 0 spiro atoms. The molecule has 1 aromatic carbocycles. The van der Waals surface area contributed by atoms with E-state index in [-0.39, 0.29) is 11.9 Å². The van der Waals surface area contributed by atoms with Crippen molar-refractivity contribution in [3.63, 3.8) is 0 Å². The van der Waals surface area contributed by atoms with E-state index in [0.29, 0.717) is 11.1 Å². The molecule has 4 saturated carbocycles. The lowest BCUT2D eigenvalue weighted by Crippen LogP contribution is -2.58. The number of nitrogens with one attached hydrogen (secondary N) is 1. The third-order valence-electron chi connectivity index (χ3n) is 8.14. The minimum atomic E-state index is -0.177. The molecular formula is C23H32ClFN2. The molecule has 1 N–H and O–H groups in total. The molecule has 5 aliphatic rings. The monoisotopic (exact) mass is 390 g/mol. The van der Waals surface area contributed by atoms with E-state index in [1.807, 2.05) is 6.07 Å². The van der Waals surface area contributed by atoms with E-state index in [4.69, 9.17) is 11.6 Å². The van der Waals surface area contributed by atoms with E-state index in [1.165, 1.54) is 51.0 Å². The first-order valence-corrected chi connectivity index (χ1v) is 11.4. The van der Waals surface area contributed by atoms with Crippen molar-refractivity contribution in [2.24, 2.45) is 23.7 Å². The molecule has 4 bridgehead atoms. The maximum Gasteiger partial charge on any atom is 0.129 e. The number of piperidine rings is 1. The molecule has 5 fully saturated rings. The Balaban J connectivity index is 1.17. The Labute approximate surface area is 167 Å². The molecule has 2 nitrogen and oxygen atoms in total. The smallest absolute Gasteiger partial charge is 0.129 e. The fraction of sp³-hybridized carbons (Fsp3) is 0.739. The van der Waals surface area contributed by atoms with Gasteiger partial charge in [-0.05, 0) is 87.7 Å². The van der Waals surface area contributed by atoms with Crippen LogP contribution in [0.2, 0.25) is 5.02 Å². The quantitative estimate of drug-likeness (QED) is 0.738. The average molecular weight is 391 g/mol. The average Bonchev–Trinajstić information content (AvgIpc) is 2.64. The summed E-state index contributed by atoms with van der Waals surface area (Å²) >= 11 is 5.91. The molecule has 1 saturated heterocycles. The highest BCUT2D eigenvalue weighted by molar-refractivity contribution is 6.30. The second-order valence-corrected chi connectivity index (χ2v) is 10.2. The molecule has 1 atom stereocenters. The van der Waals surface area contributed by atoms with Gasteiger partial charge in [0.2, 0.25) is 0 Å². The highest BCUT2D eigenvalue weighted by Gasteiger charge is 2.48. The Hall–Kier alpha value is -0.640. The van der Waals surface area contributed by atoms with Crippen LogP contribution in [0.3, 0.4) is 0 Å². The van der Waals surface area contributed by atoms with Gasteiger partial charge in [-0.2, -0.15) is 0 Å². The zero-order valence-electron chi connectivity index (χ0n) is 16.3. The van der Waals surface area contributed by atoms with Gasteiger partial charge in [0.15, 0.2) is 0 Å². The summed E-state index contributed by atoms with van der Waals surface area (Å²) in [6.07, 6.45) is 9.82. The molecule has 1 unspecified atom stereocenters. The summed E-state index contributed by atoms with van der Waals surface area (Å²) in [4.78, 5) is 2.43. The molecule has 0 radical (unpaired) electrons. The highest BCUT2D eigenvalue weighted by atomic mass is 35.5. The van der Waals surface area contributed by atoms with E-state index in [0.717, 1.165) is 48.4 Å². The minimum absolute atomic E-state index is 0.115. The summed E-state index contributed by atoms with van der Waals surface area (Å²) < 4.78 is 14.3. The van der Waals surface area contributed by atoms with Crippen molar-refractivity contribution in [1.82, 2.24) is 10.2 Å². The third kappa shape index (κ3) is 3.56. The van der Waals surface area contributed by atoms with Crippen molar-refractivity contribution in [3.8, 4) is 0 Å². The summed E-state index contributed by atoms with van der Waals surface area (Å²) in [5.74, 6) is 3.80. The zero-order valence-corrected chi connectivity index (χ0v) is 17.1. The first kappa shape index (κ1) is 18.4. The summed E-state index contributed by atoms with van der Waals surface area (Å²) in [5, 5.41) is 4.57. The minimum Gasteiger partial charge on any atom is -0.311 e. The van der Waals surface area contributed by atoms with E-state index in [1.54, 1.807) is 6.07 Å². The fourth-order valence-electron chi connectivity index (χ4n) is 6.96. The Kier molecular flexibility index (Phi) is 4.98. The van der Waals surface area contributed by atoms with E-state index in [2.05, 4.69) is 17.1 Å². The number of benzene rings is 1. The van der Waals surface area contributed by atoms with Crippen LogP contribution < -0.4 is 5.32 Å². The van der Waals surface area contributed by atoms with Gasteiger partial charge in [-0.15, -0.1) is 0 Å². The summed E-state index contributed by atoms with van der Waals surface area (Å²) in [6, 6.07) is 6.63. The molecule has 4 heteroatoms. The maximum absolute atomic E-state index is 14.3. The van der Waals surface area contributed by atoms with Crippen molar-refractivity contribution >= 4 is 11.6 Å². The van der Waals surface area contributed by atoms with Crippen LogP contribution in [0.15, 0.2) is 18.2 Å². The number of rotatable bonds is 4. The van der Waals surface area contributed by atoms with Gasteiger partial charge in [0.1, 0.15) is 5.82 Å². The molecule has 1 aromatic rings. The SMILES string of the molecule is CC(c1ccc(Cl)cc1F)N1CCC(NC2C3CC4CC(C3)CC2C4)CC1. The van der Waals surface area contributed by atoms with Gasteiger partial charge >= 0.3 is 0 Å². The summed E-state index contributed by atoms with van der Waals surface area (Å²) in [7, 11) is 0. The van der Waals surface area contributed by atoms with Crippen molar-refractivity contribution in [2.75, 3.05) is 13.1 Å². The number of likely N-dealkylation sites (tertiary alicyclic amines) is 1. The van der Waals surface area contributed by atoms with Crippen LogP contribution in [0.5, 0.6) is 0 Å². The van der Waals surface area contributed by atoms with Gasteiger partial charge in [0.25, 0.3) is 0 Å². The Bertz CT molecular complexity index is 657. The van der Waals surface area contributed by atoms with E-state index >= 15 is 0 Å². The van der Waals surface area contributed by atoms with Gasteiger partial charge in [-0.25, -0.2) is 4.39 Å². The number of hydrogen-bond donors (Lipinski definition) is 1. The van der Waals surface area contributed by atoms with Crippen LogP contribution in [0.25, 0.3) is 0 Å². The van der Waals surface area contributed by atoms with E-state index in [9.17, 15) is 4.39 Å². The first-order valence-electron chi connectivity index (χ1n) is 11.0. The van der Waals surface area contributed by atoms with Crippen LogP contribution in [-0.2, 0) is 0 Å². The van der Waals surface area contributed by atoms with Crippen LogP contribution in [0.1, 0.15) is 63.5 Å². The number of halogens is 2. The summed E-state index contributed by atoms with van der Waals surface area (Å²) in [5.41, 5.74) is 0.770. The van der Waals surface area contributed by atoms with Crippen molar-refractivity contribution in [1.29, 1.82) is 0 Å². The molecule has 0 aromatic heterocycles. The lowest BCUT2D eigenvalue weighted by Gasteiger charge is -2.55. The normalized spacial score (nSPS) is 37.7. The predicted octanol–water partition coefficient (Wildman–Crippen LogP) is 5.42. The second-order valence-electron chi connectivity index (χ2n) is 9.78. The Morgan fingerprint density at radius 1 is 1.04 bits per heavy atom. The largest absolute Gasteiger partial charge is 0.311 e. The molecule has 1 heterocycles. The predicted molar refractivity (Wildman–Crippen MR) is 108 cm³/mol. The van der Waals surface area contributed by atoms with Gasteiger partial charge < -0.3 is 5.32 Å². The van der Waals surface area contributed by atoms with Crippen molar-refractivity contribution in [2.45, 2.75) is 70.0 Å².